The standard InChI is InChI=1S/C44H52N2O2.C30H26N6O4/c1-7-9-11-13-33(5)45(37-23-15-31(3)16-24-37)39-27-19-35(20-28-39)41-43(47)42(44(41)48)36-21-29-40(30-22-36)46(34(6)14-12-10-8-2)38-25-17-32(4)18-26-38;37-27-23-3-1-4-24(35-23)28(38)32-16-20-9-13-22(14-10-20)18-34-30(40)26-6-2-5-25(36-26)29(39)33-17-21-11-7-19(8-12-21)15-31-27/h15-30,33-34H,7-14H2,1-6H3;1-14H,15-18H2,(H,31,37)(H,32,38)(H,33,39)(H,34,40). The number of Topliss-reactive ketones (excluding diaryl/α,β-unsaturated/α-hetero) is 1. The molecule has 4 aliphatic heterocycles. The molecule has 0 saturated heterocycles. The van der Waals surface area contributed by atoms with Gasteiger partial charge in [-0.25, -0.2) is 9.97 Å². The molecule has 6 aliphatic rings. The molecule has 14 nitrogen and oxygen atoms in total. The molecule has 2 aliphatic carbocycles. The lowest BCUT2D eigenvalue weighted by Crippen LogP contribution is -2.31. The third-order valence-corrected chi connectivity index (χ3v) is 16.0. The van der Waals surface area contributed by atoms with Crippen molar-refractivity contribution in [1.29, 1.82) is 0 Å². The molecular weight excluding hydrogens is 1100 g/mol. The van der Waals surface area contributed by atoms with Gasteiger partial charge in [-0.3, -0.25) is 24.0 Å². The Morgan fingerprint density at radius 3 is 1.26 bits per heavy atom. The zero-order valence-corrected chi connectivity index (χ0v) is 51.2. The smallest absolute Gasteiger partial charge is 0.270 e. The van der Waals surface area contributed by atoms with Gasteiger partial charge in [0, 0.05) is 85.4 Å². The predicted octanol–water partition coefficient (Wildman–Crippen LogP) is 12.8. The summed E-state index contributed by atoms with van der Waals surface area (Å²) in [4.78, 5) is 75.0. The molecule has 0 radical (unpaired) electrons. The minimum Gasteiger partial charge on any atom is -0.871 e. The van der Waals surface area contributed by atoms with Crippen molar-refractivity contribution >= 4 is 57.8 Å². The van der Waals surface area contributed by atoms with Gasteiger partial charge in [-0.1, -0.05) is 160 Å². The Hall–Kier alpha value is -9.82. The number of carbonyl (C=O) groups is 5. The zero-order valence-electron chi connectivity index (χ0n) is 51.2. The van der Waals surface area contributed by atoms with Gasteiger partial charge < -0.3 is 31.3 Å². The number of aromatic nitrogens is 2. The van der Waals surface area contributed by atoms with Crippen molar-refractivity contribution in [1.82, 2.24) is 31.2 Å². The van der Waals surface area contributed by atoms with E-state index in [0.29, 0.717) is 23.2 Å². The largest absolute Gasteiger partial charge is 0.871 e. The topological polar surface area (TPSA) is 189 Å². The number of pyridine rings is 2. The van der Waals surface area contributed by atoms with Gasteiger partial charge in [0.15, 0.2) is 11.8 Å². The van der Waals surface area contributed by atoms with Gasteiger partial charge in [-0.2, -0.15) is 4.58 Å². The molecule has 13 rings (SSSR count). The lowest BCUT2D eigenvalue weighted by molar-refractivity contribution is -0.480. The number of anilines is 2. The molecule has 0 spiro atoms. The fourth-order valence-corrected chi connectivity index (χ4v) is 10.9. The summed E-state index contributed by atoms with van der Waals surface area (Å²) in [5.74, 6) is -1.94. The van der Waals surface area contributed by atoms with E-state index in [1.165, 1.54) is 49.7 Å². The van der Waals surface area contributed by atoms with Crippen LogP contribution < -0.4 is 31.3 Å². The summed E-state index contributed by atoms with van der Waals surface area (Å²) in [6, 6.07) is 50.1. The molecular formula is C74H78N8O6. The van der Waals surface area contributed by atoms with Crippen LogP contribution in [0.1, 0.15) is 160 Å². The Kier molecular flexibility index (Phi) is 21.4. The average molecular weight is 1180 g/mol. The number of rotatable bonds is 14. The Bertz CT molecular complexity index is 3560. The Morgan fingerprint density at radius 1 is 0.477 bits per heavy atom. The van der Waals surface area contributed by atoms with Crippen LogP contribution in [0.2, 0.25) is 0 Å². The molecule has 0 saturated carbocycles. The van der Waals surface area contributed by atoms with Gasteiger partial charge in [0.2, 0.25) is 11.4 Å². The molecule has 2 unspecified atom stereocenters. The van der Waals surface area contributed by atoms with E-state index in [2.05, 4.69) is 131 Å². The summed E-state index contributed by atoms with van der Waals surface area (Å²) in [6.45, 7) is 14.3. The summed E-state index contributed by atoms with van der Waals surface area (Å²) in [5.41, 5.74) is 12.8. The normalized spacial score (nSPS) is 15.1. The van der Waals surface area contributed by atoms with Crippen LogP contribution in [0.25, 0.3) is 5.57 Å². The van der Waals surface area contributed by atoms with Crippen molar-refractivity contribution < 1.29 is 33.7 Å². The number of nitrogens with zero attached hydrogens (tertiary/aromatic N) is 4. The maximum Gasteiger partial charge on any atom is 0.270 e. The highest BCUT2D eigenvalue weighted by molar-refractivity contribution is 6.39. The number of ketones is 1. The summed E-state index contributed by atoms with van der Waals surface area (Å²) in [6.07, 6.45) is 17.3. The minimum absolute atomic E-state index is 0.137. The van der Waals surface area contributed by atoms with Gasteiger partial charge in [0.05, 0.1) is 0 Å². The Morgan fingerprint density at radius 2 is 0.864 bits per heavy atom. The van der Waals surface area contributed by atoms with Crippen LogP contribution in [0.5, 0.6) is 0 Å². The van der Waals surface area contributed by atoms with Crippen LogP contribution in [0.15, 0.2) is 199 Å². The van der Waals surface area contributed by atoms with Crippen LogP contribution in [0.4, 0.5) is 17.1 Å². The van der Waals surface area contributed by atoms with Crippen molar-refractivity contribution in [3.05, 3.63) is 261 Å². The van der Waals surface area contributed by atoms with Crippen LogP contribution in [-0.4, -0.2) is 61.8 Å². The first-order valence-corrected chi connectivity index (χ1v) is 30.7. The molecule has 2 atom stereocenters. The van der Waals surface area contributed by atoms with Gasteiger partial charge >= 0.3 is 0 Å². The third kappa shape index (κ3) is 16.0. The number of unbranched alkanes of at least 4 members (excludes halogenated alkanes) is 4. The highest BCUT2D eigenvalue weighted by atomic mass is 16.3. The van der Waals surface area contributed by atoms with Gasteiger partial charge in [-0.05, 0) is 135 Å². The molecule has 5 aromatic carbocycles. The average Bonchev–Trinajstić information content (AvgIpc) is 1.05. The number of hydrogen-bond acceptors (Lipinski definition) is 9. The molecule has 4 amide bonds. The number of hydrogen-bond donors (Lipinski definition) is 4. The predicted molar refractivity (Wildman–Crippen MR) is 346 cm³/mol. The first-order chi connectivity index (χ1) is 42.7. The second-order valence-corrected chi connectivity index (χ2v) is 22.8. The van der Waals surface area contributed by atoms with Crippen molar-refractivity contribution in [3.8, 4) is 0 Å². The fourth-order valence-electron chi connectivity index (χ4n) is 10.9. The number of aryl methyl sites for hydroxylation is 2. The summed E-state index contributed by atoms with van der Waals surface area (Å²) in [5, 5.41) is 24.8. The van der Waals surface area contributed by atoms with E-state index in [1.54, 1.807) is 36.4 Å². The highest BCUT2D eigenvalue weighted by Gasteiger charge is 2.32. The van der Waals surface area contributed by atoms with Crippen LogP contribution in [-0.2, 0) is 31.0 Å². The molecule has 14 heteroatoms. The van der Waals surface area contributed by atoms with Crippen LogP contribution in [0, 0.1) is 13.8 Å². The Labute approximate surface area is 517 Å². The monoisotopic (exact) mass is 1170 g/mol. The van der Waals surface area contributed by atoms with Crippen molar-refractivity contribution in [3.63, 3.8) is 0 Å². The van der Waals surface area contributed by atoms with E-state index in [0.717, 1.165) is 57.9 Å². The van der Waals surface area contributed by atoms with Crippen LogP contribution in [0.3, 0.4) is 0 Å². The molecule has 4 N–H and O–H groups in total. The van der Waals surface area contributed by atoms with E-state index in [1.807, 2.05) is 97.1 Å². The molecule has 6 heterocycles. The fraction of sp³-hybridized carbons (Fsp3) is 0.270. The summed E-state index contributed by atoms with van der Waals surface area (Å²) < 4.78 is 2.37. The first-order valence-electron chi connectivity index (χ1n) is 30.7. The number of nitrogens with one attached hydrogen (secondary N) is 4. The molecule has 7 aromatic rings. The molecule has 0 fully saturated rings. The highest BCUT2D eigenvalue weighted by Crippen LogP contribution is 2.39. The lowest BCUT2D eigenvalue weighted by Gasteiger charge is -2.34. The van der Waals surface area contributed by atoms with E-state index in [-0.39, 0.29) is 71.6 Å². The number of carbonyl (C=O) groups excluding carboxylic acids is 5. The lowest BCUT2D eigenvalue weighted by atomic mass is 9.80. The second-order valence-electron chi connectivity index (χ2n) is 22.8. The van der Waals surface area contributed by atoms with Crippen molar-refractivity contribution in [2.45, 2.75) is 131 Å². The quantitative estimate of drug-likeness (QED) is 0.0467. The minimum atomic E-state index is -0.398. The van der Waals surface area contributed by atoms with E-state index < -0.39 is 23.6 Å². The molecule has 88 heavy (non-hydrogen) atoms. The zero-order chi connectivity index (χ0) is 62.1. The molecule has 2 aromatic heterocycles. The second kappa shape index (κ2) is 30.0. The number of benzene rings is 5. The number of amides is 4. The van der Waals surface area contributed by atoms with E-state index in [9.17, 15) is 29.1 Å². The maximum atomic E-state index is 13.5. The van der Waals surface area contributed by atoms with Gasteiger partial charge in [0.25, 0.3) is 23.6 Å². The number of allylic oxidation sites excluding steroid dienone is 7. The SMILES string of the molecule is CCCCCC(C)N(c1ccc(C)cc1)c1ccc(C2=C([O-])C(=C3C=CC(=[N+](c4ccc(C)cc4)C(C)CCCCC)C=C3)C2=O)cc1.O=C1NCc2ccc(cc2)CNC(=O)c2cccc(n2)C(=O)NCc2ccc(cc2)CNC(=O)c2cccc1n2. The third-order valence-electron chi connectivity index (χ3n) is 16.0. The molecule has 450 valence electrons. The molecule has 8 bridgehead atoms. The summed E-state index contributed by atoms with van der Waals surface area (Å²) >= 11 is 0. The first kappa shape index (κ1) is 62.7. The van der Waals surface area contributed by atoms with Crippen LogP contribution >= 0.6 is 0 Å². The Balaban J connectivity index is 0.000000213. The maximum absolute atomic E-state index is 13.5. The van der Waals surface area contributed by atoms with Crippen molar-refractivity contribution in [2.24, 2.45) is 0 Å². The van der Waals surface area contributed by atoms with Crippen molar-refractivity contribution in [2.75, 3.05) is 4.90 Å². The summed E-state index contributed by atoms with van der Waals surface area (Å²) in [7, 11) is 0. The van der Waals surface area contributed by atoms with Gasteiger partial charge in [-0.15, -0.1) is 0 Å². The van der Waals surface area contributed by atoms with Gasteiger partial charge in [0.1, 0.15) is 22.8 Å². The van der Waals surface area contributed by atoms with E-state index >= 15 is 0 Å². The van der Waals surface area contributed by atoms with E-state index in [4.69, 9.17) is 0 Å².